The third kappa shape index (κ3) is 4.04. The first kappa shape index (κ1) is 18.9. The van der Waals surface area contributed by atoms with Gasteiger partial charge in [0.25, 0.3) is 0 Å². The number of carbonyl (C=O) groups is 2. The zero-order chi connectivity index (χ0) is 19.6. The number of piperidine rings is 1. The third-order valence-corrected chi connectivity index (χ3v) is 6.02. The first-order valence-corrected chi connectivity index (χ1v) is 10.1. The number of aromatic nitrogens is 3. The Kier molecular flexibility index (Phi) is 5.35. The zero-order valence-electron chi connectivity index (χ0n) is 15.7. The van der Waals surface area contributed by atoms with Gasteiger partial charge in [-0.2, -0.15) is 5.10 Å². The number of hydrogen-bond donors (Lipinski definition) is 1. The van der Waals surface area contributed by atoms with E-state index in [-0.39, 0.29) is 24.3 Å². The Morgan fingerprint density at radius 3 is 2.71 bits per heavy atom. The van der Waals surface area contributed by atoms with Crippen molar-refractivity contribution >= 4 is 23.4 Å². The predicted molar refractivity (Wildman–Crippen MR) is 105 cm³/mol. The average molecular weight is 402 g/mol. The Morgan fingerprint density at radius 2 is 2.04 bits per heavy atom. The van der Waals surface area contributed by atoms with Crippen molar-refractivity contribution in [3.05, 3.63) is 47.5 Å². The molecular weight excluding hydrogens is 378 g/mol. The van der Waals surface area contributed by atoms with E-state index in [4.69, 9.17) is 11.6 Å². The molecule has 1 aromatic heterocycles. The number of benzene rings is 1. The second-order valence-corrected chi connectivity index (χ2v) is 8.18. The van der Waals surface area contributed by atoms with Crippen LogP contribution < -0.4 is 5.32 Å². The second kappa shape index (κ2) is 7.91. The fourth-order valence-electron chi connectivity index (χ4n) is 3.96. The molecule has 1 aliphatic heterocycles. The topological polar surface area (TPSA) is 80.1 Å². The molecule has 2 aliphatic rings. The molecule has 2 amide bonds. The summed E-state index contributed by atoms with van der Waals surface area (Å²) in [6.45, 7) is 2.23. The molecule has 2 aromatic rings. The molecule has 1 saturated heterocycles. The lowest BCUT2D eigenvalue weighted by Gasteiger charge is -2.33. The molecule has 4 rings (SSSR count). The summed E-state index contributed by atoms with van der Waals surface area (Å²) < 4.78 is 1.54. The summed E-state index contributed by atoms with van der Waals surface area (Å²) in [6, 6.07) is 7.56. The van der Waals surface area contributed by atoms with Crippen LogP contribution in [0.3, 0.4) is 0 Å². The molecule has 1 N–H and O–H groups in total. The van der Waals surface area contributed by atoms with E-state index < -0.39 is 5.41 Å². The quantitative estimate of drug-likeness (QED) is 0.803. The number of nitrogens with zero attached hydrogens (tertiary/aromatic N) is 4. The highest BCUT2D eigenvalue weighted by Gasteiger charge is 2.51. The summed E-state index contributed by atoms with van der Waals surface area (Å²) in [5.74, 6) is 0.403. The number of nitrogens with one attached hydrogen (secondary N) is 1. The molecular formula is C20H24ClN5O2. The molecule has 1 saturated carbocycles. The van der Waals surface area contributed by atoms with Gasteiger partial charge in [-0.15, -0.1) is 0 Å². The molecule has 7 nitrogen and oxygen atoms in total. The maximum absolute atomic E-state index is 12.8. The highest BCUT2D eigenvalue weighted by molar-refractivity contribution is 6.30. The van der Waals surface area contributed by atoms with Crippen molar-refractivity contribution in [1.82, 2.24) is 25.0 Å². The molecule has 1 aromatic carbocycles. The number of likely N-dealkylation sites (tertiary alicyclic amines) is 1. The van der Waals surface area contributed by atoms with Crippen molar-refractivity contribution in [3.8, 4) is 0 Å². The zero-order valence-corrected chi connectivity index (χ0v) is 16.4. The van der Waals surface area contributed by atoms with E-state index in [9.17, 15) is 9.59 Å². The van der Waals surface area contributed by atoms with Gasteiger partial charge in [0, 0.05) is 24.7 Å². The monoisotopic (exact) mass is 401 g/mol. The molecule has 2 fully saturated rings. The Morgan fingerprint density at radius 1 is 1.25 bits per heavy atom. The molecule has 28 heavy (non-hydrogen) atoms. The van der Waals surface area contributed by atoms with Crippen molar-refractivity contribution in [2.75, 3.05) is 19.6 Å². The van der Waals surface area contributed by atoms with Gasteiger partial charge in [-0.1, -0.05) is 23.7 Å². The molecule has 1 atom stereocenters. The van der Waals surface area contributed by atoms with Gasteiger partial charge in [-0.05, 0) is 49.3 Å². The SMILES string of the molecule is O=C(Cn1cncn1)N1CCCC(CNC(=O)C2(c3ccc(Cl)cc3)CC2)C1. The molecule has 0 spiro atoms. The Labute approximate surface area is 169 Å². The lowest BCUT2D eigenvalue weighted by Crippen LogP contribution is -2.46. The number of amides is 2. The smallest absolute Gasteiger partial charge is 0.244 e. The predicted octanol–water partition coefficient (Wildman–Crippen LogP) is 2.02. The summed E-state index contributed by atoms with van der Waals surface area (Å²) >= 11 is 5.97. The third-order valence-electron chi connectivity index (χ3n) is 5.77. The lowest BCUT2D eigenvalue weighted by molar-refractivity contribution is -0.133. The van der Waals surface area contributed by atoms with Crippen LogP contribution in [-0.2, 0) is 21.5 Å². The number of hydrogen-bond acceptors (Lipinski definition) is 4. The highest BCUT2D eigenvalue weighted by atomic mass is 35.5. The number of halogens is 1. The molecule has 0 radical (unpaired) electrons. The van der Waals surface area contributed by atoms with Gasteiger partial charge >= 0.3 is 0 Å². The van der Waals surface area contributed by atoms with Crippen molar-refractivity contribution in [2.45, 2.75) is 37.6 Å². The first-order valence-electron chi connectivity index (χ1n) is 9.71. The summed E-state index contributed by atoms with van der Waals surface area (Å²) in [5, 5.41) is 7.80. The van der Waals surface area contributed by atoms with Crippen LogP contribution in [0.1, 0.15) is 31.2 Å². The number of rotatable bonds is 6. The van der Waals surface area contributed by atoms with Gasteiger partial charge in [0.1, 0.15) is 19.2 Å². The fourth-order valence-corrected chi connectivity index (χ4v) is 4.08. The Bertz CT molecular complexity index is 833. The standard InChI is InChI=1S/C20H24ClN5O2/c21-17-5-3-16(4-6-17)20(7-8-20)19(28)23-10-15-2-1-9-25(11-15)18(27)12-26-14-22-13-24-26/h3-6,13-15H,1-2,7-12H2,(H,23,28). The van der Waals surface area contributed by atoms with Crippen LogP contribution in [0.15, 0.2) is 36.9 Å². The van der Waals surface area contributed by atoms with Crippen molar-refractivity contribution < 1.29 is 9.59 Å². The Hall–Kier alpha value is -2.41. The highest BCUT2D eigenvalue weighted by Crippen LogP contribution is 2.48. The minimum absolute atomic E-state index is 0.0429. The van der Waals surface area contributed by atoms with Crippen LogP contribution in [0.2, 0.25) is 5.02 Å². The van der Waals surface area contributed by atoms with Crippen LogP contribution in [-0.4, -0.2) is 51.1 Å². The van der Waals surface area contributed by atoms with Crippen LogP contribution >= 0.6 is 11.6 Å². The largest absolute Gasteiger partial charge is 0.355 e. The minimum atomic E-state index is -0.401. The van der Waals surface area contributed by atoms with Gasteiger partial charge in [0.05, 0.1) is 5.41 Å². The van der Waals surface area contributed by atoms with Crippen molar-refractivity contribution in [3.63, 3.8) is 0 Å². The van der Waals surface area contributed by atoms with E-state index in [1.165, 1.54) is 11.0 Å². The van der Waals surface area contributed by atoms with Crippen molar-refractivity contribution in [1.29, 1.82) is 0 Å². The summed E-state index contributed by atoms with van der Waals surface area (Å²) in [4.78, 5) is 31.0. The average Bonchev–Trinajstić information content (AvgIpc) is 3.37. The van der Waals surface area contributed by atoms with E-state index >= 15 is 0 Å². The van der Waals surface area contributed by atoms with Gasteiger partial charge in [0.2, 0.25) is 11.8 Å². The van der Waals surface area contributed by atoms with Gasteiger partial charge in [-0.25, -0.2) is 9.67 Å². The van der Waals surface area contributed by atoms with E-state index in [1.807, 2.05) is 29.2 Å². The molecule has 8 heteroatoms. The van der Waals surface area contributed by atoms with E-state index in [2.05, 4.69) is 15.4 Å². The Balaban J connectivity index is 1.30. The van der Waals surface area contributed by atoms with Crippen LogP contribution in [0.5, 0.6) is 0 Å². The lowest BCUT2D eigenvalue weighted by atomic mass is 9.93. The molecule has 2 heterocycles. The second-order valence-electron chi connectivity index (χ2n) is 7.74. The van der Waals surface area contributed by atoms with E-state index in [1.54, 1.807) is 6.33 Å². The molecule has 148 valence electrons. The first-order chi connectivity index (χ1) is 13.6. The van der Waals surface area contributed by atoms with Crippen LogP contribution in [0.4, 0.5) is 0 Å². The number of carbonyl (C=O) groups excluding carboxylic acids is 2. The van der Waals surface area contributed by atoms with E-state index in [0.29, 0.717) is 18.1 Å². The molecule has 1 unspecified atom stereocenters. The summed E-state index contributed by atoms with van der Waals surface area (Å²) in [7, 11) is 0. The van der Waals surface area contributed by atoms with Gasteiger partial charge in [0.15, 0.2) is 0 Å². The van der Waals surface area contributed by atoms with Crippen molar-refractivity contribution in [2.24, 2.45) is 5.92 Å². The maximum Gasteiger partial charge on any atom is 0.244 e. The van der Waals surface area contributed by atoms with Gasteiger partial charge < -0.3 is 10.2 Å². The normalized spacial score (nSPS) is 20.6. The van der Waals surface area contributed by atoms with Crippen LogP contribution in [0, 0.1) is 5.92 Å². The maximum atomic E-state index is 12.8. The molecule has 1 aliphatic carbocycles. The minimum Gasteiger partial charge on any atom is -0.355 e. The van der Waals surface area contributed by atoms with Gasteiger partial charge in [-0.3, -0.25) is 9.59 Å². The summed E-state index contributed by atoms with van der Waals surface area (Å²) in [6.07, 6.45) is 6.68. The van der Waals surface area contributed by atoms with Crippen LogP contribution in [0.25, 0.3) is 0 Å². The van der Waals surface area contributed by atoms with E-state index in [0.717, 1.165) is 37.8 Å². The summed E-state index contributed by atoms with van der Waals surface area (Å²) in [5.41, 5.74) is 0.629. The molecule has 0 bridgehead atoms. The fraction of sp³-hybridized carbons (Fsp3) is 0.500.